The third-order valence-electron chi connectivity index (χ3n) is 6.43. The van der Waals surface area contributed by atoms with Gasteiger partial charge in [-0.2, -0.15) is 0 Å². The Morgan fingerprint density at radius 1 is 1.00 bits per heavy atom. The van der Waals surface area contributed by atoms with Crippen LogP contribution in [0.25, 0.3) is 17.5 Å². The Hall–Kier alpha value is -3.56. The molecule has 2 aromatic heterocycles. The minimum absolute atomic E-state index is 0.314. The van der Waals surface area contributed by atoms with E-state index in [0.717, 1.165) is 35.5 Å². The molecule has 1 radical (unpaired) electrons. The van der Waals surface area contributed by atoms with E-state index in [4.69, 9.17) is 4.98 Å². The molecule has 35 heavy (non-hydrogen) atoms. The van der Waals surface area contributed by atoms with E-state index in [0.29, 0.717) is 36.1 Å². The number of hydrogen-bond donors (Lipinski definition) is 1. The van der Waals surface area contributed by atoms with Crippen molar-refractivity contribution in [2.75, 3.05) is 24.7 Å². The zero-order valence-corrected chi connectivity index (χ0v) is 20.4. The van der Waals surface area contributed by atoms with Crippen molar-refractivity contribution in [2.45, 2.75) is 25.7 Å². The first-order chi connectivity index (χ1) is 16.8. The number of nitrogens with one attached hydrogen (secondary N) is 1. The third kappa shape index (κ3) is 4.96. The highest BCUT2D eigenvalue weighted by molar-refractivity contribution is 7.88. The molecule has 0 unspecified atom stereocenters. The van der Waals surface area contributed by atoms with E-state index in [1.54, 1.807) is 10.4 Å². The second kappa shape index (κ2) is 9.24. The maximum absolute atomic E-state index is 12.6. The third-order valence-corrected chi connectivity index (χ3v) is 7.73. The SMILES string of the molecule is Cc1cccc(-c2cc3c(c(Nc4ccc(C5CCN(S(C)(=O)=O)CC5)cc4)n2)C(=O)[N]C=C3)n1. The van der Waals surface area contributed by atoms with Crippen molar-refractivity contribution < 1.29 is 13.2 Å². The lowest BCUT2D eigenvalue weighted by Gasteiger charge is -2.30. The summed E-state index contributed by atoms with van der Waals surface area (Å²) in [5.41, 5.74) is 5.44. The van der Waals surface area contributed by atoms with Crippen molar-refractivity contribution in [1.82, 2.24) is 19.6 Å². The molecule has 1 amide bonds. The highest BCUT2D eigenvalue weighted by Gasteiger charge is 2.26. The highest BCUT2D eigenvalue weighted by Crippen LogP contribution is 2.32. The molecule has 2 aliphatic heterocycles. The van der Waals surface area contributed by atoms with Gasteiger partial charge in [0.05, 0.1) is 23.2 Å². The average Bonchev–Trinajstić information content (AvgIpc) is 2.84. The topological polar surface area (TPSA) is 106 Å². The number of hydrogen-bond acceptors (Lipinski definition) is 6. The lowest BCUT2D eigenvalue weighted by Crippen LogP contribution is -2.37. The van der Waals surface area contributed by atoms with Crippen molar-refractivity contribution in [3.63, 3.8) is 0 Å². The van der Waals surface area contributed by atoms with Crippen LogP contribution in [0.15, 0.2) is 54.7 Å². The second-order valence-electron chi connectivity index (χ2n) is 8.92. The van der Waals surface area contributed by atoms with Gasteiger partial charge in [0, 0.05) is 30.7 Å². The molecule has 4 heterocycles. The number of piperidine rings is 1. The highest BCUT2D eigenvalue weighted by atomic mass is 32.2. The van der Waals surface area contributed by atoms with Gasteiger partial charge in [-0.25, -0.2) is 23.0 Å². The molecule has 0 aliphatic carbocycles. The summed E-state index contributed by atoms with van der Waals surface area (Å²) in [7, 11) is -3.14. The number of amides is 1. The zero-order chi connectivity index (χ0) is 24.6. The lowest BCUT2D eigenvalue weighted by molar-refractivity contribution is 0.0965. The largest absolute Gasteiger partial charge is 0.340 e. The van der Waals surface area contributed by atoms with Crippen LogP contribution in [0.5, 0.6) is 0 Å². The predicted octanol–water partition coefficient (Wildman–Crippen LogP) is 4.06. The van der Waals surface area contributed by atoms with E-state index in [1.807, 2.05) is 55.5 Å². The van der Waals surface area contributed by atoms with Gasteiger partial charge in [-0.05, 0) is 73.2 Å². The van der Waals surface area contributed by atoms with Crippen molar-refractivity contribution >= 4 is 33.5 Å². The minimum atomic E-state index is -3.14. The van der Waals surface area contributed by atoms with Crippen LogP contribution >= 0.6 is 0 Å². The van der Waals surface area contributed by atoms with Gasteiger partial charge < -0.3 is 5.32 Å². The summed E-state index contributed by atoms with van der Waals surface area (Å²) < 4.78 is 25.1. The van der Waals surface area contributed by atoms with E-state index in [9.17, 15) is 13.2 Å². The number of anilines is 2. The maximum Gasteiger partial charge on any atom is 0.281 e. The Labute approximate surface area is 205 Å². The maximum atomic E-state index is 12.6. The molecule has 5 rings (SSSR count). The number of aromatic nitrogens is 2. The molecular weight excluding hydrogens is 462 g/mol. The number of aryl methyl sites for hydroxylation is 1. The fourth-order valence-electron chi connectivity index (χ4n) is 4.57. The molecule has 9 heteroatoms. The van der Waals surface area contributed by atoms with Gasteiger partial charge in [-0.15, -0.1) is 0 Å². The number of rotatable bonds is 5. The van der Waals surface area contributed by atoms with Crippen molar-refractivity contribution in [1.29, 1.82) is 0 Å². The molecule has 0 atom stereocenters. The molecule has 0 spiro atoms. The summed E-state index contributed by atoms with van der Waals surface area (Å²) in [5.74, 6) is 0.415. The average molecular weight is 489 g/mol. The van der Waals surface area contributed by atoms with Crippen LogP contribution in [0.4, 0.5) is 11.5 Å². The molecule has 179 valence electrons. The molecule has 8 nitrogen and oxygen atoms in total. The minimum Gasteiger partial charge on any atom is -0.340 e. The van der Waals surface area contributed by atoms with Crippen LogP contribution in [-0.2, 0) is 10.0 Å². The van der Waals surface area contributed by atoms with Crippen LogP contribution < -0.4 is 10.6 Å². The fourth-order valence-corrected chi connectivity index (χ4v) is 5.45. The van der Waals surface area contributed by atoms with E-state index in [1.165, 1.54) is 18.0 Å². The Morgan fingerprint density at radius 3 is 2.43 bits per heavy atom. The monoisotopic (exact) mass is 488 g/mol. The van der Waals surface area contributed by atoms with Crippen LogP contribution in [0, 0.1) is 6.92 Å². The molecule has 1 saturated heterocycles. The van der Waals surface area contributed by atoms with Gasteiger partial charge in [0.1, 0.15) is 5.82 Å². The molecule has 0 saturated carbocycles. The number of carbonyl (C=O) groups excluding carboxylic acids is 1. The lowest BCUT2D eigenvalue weighted by atomic mass is 9.90. The predicted molar refractivity (Wildman–Crippen MR) is 136 cm³/mol. The summed E-state index contributed by atoms with van der Waals surface area (Å²) in [6.45, 7) is 3.01. The molecule has 1 N–H and O–H groups in total. The van der Waals surface area contributed by atoms with E-state index >= 15 is 0 Å². The Kier molecular flexibility index (Phi) is 6.12. The van der Waals surface area contributed by atoms with Gasteiger partial charge in [0.25, 0.3) is 5.91 Å². The summed E-state index contributed by atoms with van der Waals surface area (Å²) in [4.78, 5) is 21.9. The normalized spacial score (nSPS) is 16.6. The second-order valence-corrected chi connectivity index (χ2v) is 10.9. The van der Waals surface area contributed by atoms with Crippen LogP contribution in [0.2, 0.25) is 0 Å². The van der Waals surface area contributed by atoms with Crippen molar-refractivity contribution in [3.05, 3.63) is 77.1 Å². The van der Waals surface area contributed by atoms with Gasteiger partial charge in [0.2, 0.25) is 10.0 Å². The number of carbonyl (C=O) groups is 1. The van der Waals surface area contributed by atoms with Crippen molar-refractivity contribution in [2.24, 2.45) is 0 Å². The van der Waals surface area contributed by atoms with Crippen molar-refractivity contribution in [3.8, 4) is 11.4 Å². The van der Waals surface area contributed by atoms with E-state index in [-0.39, 0.29) is 5.91 Å². The Bertz CT molecular complexity index is 1410. The first-order valence-electron chi connectivity index (χ1n) is 11.5. The van der Waals surface area contributed by atoms with Gasteiger partial charge in [-0.3, -0.25) is 9.78 Å². The van der Waals surface area contributed by atoms with E-state index < -0.39 is 10.0 Å². The number of nitrogens with zero attached hydrogens (tertiary/aromatic N) is 4. The first-order valence-corrected chi connectivity index (χ1v) is 13.4. The number of pyridine rings is 2. The molecular formula is C26H26N5O3S. The summed E-state index contributed by atoms with van der Waals surface area (Å²) in [6.07, 6.45) is 6.16. The van der Waals surface area contributed by atoms with Gasteiger partial charge in [0.15, 0.2) is 0 Å². The standard InChI is InChI=1S/C26H26N5O3S/c1-17-4-3-5-22(28-17)23-16-20-10-13-27-26(32)24(20)25(30-23)29-21-8-6-18(7-9-21)19-11-14-31(15-12-19)35(2,33)34/h3-10,13,16,19H,11-12,14-15H2,1-2H3,(H,29,30). The quantitative estimate of drug-likeness (QED) is 0.580. The number of sulfonamides is 1. The molecule has 1 aromatic carbocycles. The molecule has 2 aliphatic rings. The molecule has 0 bridgehead atoms. The van der Waals surface area contributed by atoms with Gasteiger partial charge >= 0.3 is 0 Å². The Balaban J connectivity index is 1.40. The van der Waals surface area contributed by atoms with Crippen LogP contribution in [-0.4, -0.2) is 47.9 Å². The van der Waals surface area contributed by atoms with Crippen LogP contribution in [0.1, 0.15) is 45.9 Å². The zero-order valence-electron chi connectivity index (χ0n) is 19.6. The summed E-state index contributed by atoms with van der Waals surface area (Å²) >= 11 is 0. The molecule has 3 aromatic rings. The van der Waals surface area contributed by atoms with Gasteiger partial charge in [-0.1, -0.05) is 18.2 Å². The Morgan fingerprint density at radius 2 is 1.74 bits per heavy atom. The summed E-state index contributed by atoms with van der Waals surface area (Å²) in [5, 5.41) is 7.23. The smallest absolute Gasteiger partial charge is 0.281 e. The molecule has 1 fully saturated rings. The number of benzene rings is 1. The fraction of sp³-hybridized carbons (Fsp3) is 0.269. The van der Waals surface area contributed by atoms with E-state index in [2.05, 4.69) is 15.6 Å². The first kappa shape index (κ1) is 23.2. The number of fused-ring (bicyclic) bond motifs is 1. The van der Waals surface area contributed by atoms with Crippen LogP contribution in [0.3, 0.4) is 0 Å². The summed E-state index contributed by atoms with van der Waals surface area (Å²) in [6, 6.07) is 15.6.